The highest BCUT2D eigenvalue weighted by molar-refractivity contribution is 7.12. The molecule has 1 nitrogen and oxygen atoms in total. The molecular formula is C9H13NS. The van der Waals surface area contributed by atoms with Gasteiger partial charge >= 0.3 is 0 Å². The fourth-order valence-electron chi connectivity index (χ4n) is 0.927. The first-order chi connectivity index (χ1) is 5.24. The van der Waals surface area contributed by atoms with Gasteiger partial charge < -0.3 is 0 Å². The van der Waals surface area contributed by atoms with E-state index in [1.54, 1.807) is 11.3 Å². The molecule has 0 atom stereocenters. The summed E-state index contributed by atoms with van der Waals surface area (Å²) in [6.07, 6.45) is 5.41. The van der Waals surface area contributed by atoms with Crippen LogP contribution in [0.3, 0.4) is 0 Å². The second-order valence-corrected chi connectivity index (χ2v) is 3.73. The summed E-state index contributed by atoms with van der Waals surface area (Å²) in [4.78, 5) is 5.63. The molecule has 1 aromatic rings. The van der Waals surface area contributed by atoms with Gasteiger partial charge in [0.25, 0.3) is 0 Å². The smallest absolute Gasteiger partial charge is 0.0903 e. The molecule has 0 aliphatic heterocycles. The quantitative estimate of drug-likeness (QED) is 0.659. The summed E-state index contributed by atoms with van der Waals surface area (Å²) < 4.78 is 0. The Hall–Kier alpha value is -0.630. The summed E-state index contributed by atoms with van der Waals surface area (Å²) in [6.45, 7) is 6.24. The molecule has 0 aromatic carbocycles. The average molecular weight is 167 g/mol. The maximum atomic E-state index is 4.33. The second-order valence-electron chi connectivity index (χ2n) is 2.49. The summed E-state index contributed by atoms with van der Waals surface area (Å²) in [7, 11) is 0. The Morgan fingerprint density at radius 1 is 1.45 bits per heavy atom. The van der Waals surface area contributed by atoms with E-state index in [-0.39, 0.29) is 0 Å². The third kappa shape index (κ3) is 2.15. The summed E-state index contributed by atoms with van der Waals surface area (Å²) in [6, 6.07) is 0. The van der Waals surface area contributed by atoms with Crippen LogP contribution in [0.1, 0.15) is 28.9 Å². The third-order valence-electron chi connectivity index (χ3n) is 1.44. The topological polar surface area (TPSA) is 12.9 Å². The number of hydrogen-bond donors (Lipinski definition) is 0. The second kappa shape index (κ2) is 3.67. The normalized spacial score (nSPS) is 11.2. The fraction of sp³-hybridized carbons (Fsp3) is 0.444. The van der Waals surface area contributed by atoms with E-state index in [0.717, 1.165) is 17.1 Å². The molecule has 0 aliphatic carbocycles. The number of aromatic nitrogens is 1. The van der Waals surface area contributed by atoms with E-state index < -0.39 is 0 Å². The fourth-order valence-corrected chi connectivity index (χ4v) is 1.79. The molecule has 0 saturated heterocycles. The van der Waals surface area contributed by atoms with Crippen molar-refractivity contribution in [2.24, 2.45) is 0 Å². The first-order valence-corrected chi connectivity index (χ1v) is 4.66. The highest BCUT2D eigenvalue weighted by Gasteiger charge is 1.98. The highest BCUT2D eigenvalue weighted by atomic mass is 32.1. The highest BCUT2D eigenvalue weighted by Crippen LogP contribution is 2.18. The SMILES string of the molecule is CC/C=C\c1sc(C)nc1C. The number of aryl methyl sites for hydroxylation is 2. The van der Waals surface area contributed by atoms with Crippen LogP contribution >= 0.6 is 11.3 Å². The van der Waals surface area contributed by atoms with Gasteiger partial charge in [-0.2, -0.15) is 0 Å². The van der Waals surface area contributed by atoms with Crippen LogP contribution in [0.15, 0.2) is 6.08 Å². The lowest BCUT2D eigenvalue weighted by molar-refractivity contribution is 1.19. The predicted octanol–water partition coefficient (Wildman–Crippen LogP) is 3.18. The predicted molar refractivity (Wildman–Crippen MR) is 50.9 cm³/mol. The largest absolute Gasteiger partial charge is 0.246 e. The molecule has 0 amide bonds. The Balaban J connectivity index is 2.85. The van der Waals surface area contributed by atoms with Gasteiger partial charge in [0.15, 0.2) is 0 Å². The standard InChI is InChI=1S/C9H13NS/c1-4-5-6-9-7(2)10-8(3)11-9/h5-6H,4H2,1-3H3/b6-5-. The zero-order chi connectivity index (χ0) is 8.27. The summed E-state index contributed by atoms with van der Waals surface area (Å²) in [5.74, 6) is 0. The van der Waals surface area contributed by atoms with Gasteiger partial charge in [-0.05, 0) is 26.3 Å². The van der Waals surface area contributed by atoms with Crippen LogP contribution in [-0.2, 0) is 0 Å². The lowest BCUT2D eigenvalue weighted by Gasteiger charge is -1.84. The number of hydrogen-bond acceptors (Lipinski definition) is 2. The van der Waals surface area contributed by atoms with Gasteiger partial charge in [-0.1, -0.05) is 13.0 Å². The van der Waals surface area contributed by atoms with Gasteiger partial charge in [0.2, 0.25) is 0 Å². The van der Waals surface area contributed by atoms with E-state index in [0.29, 0.717) is 0 Å². The van der Waals surface area contributed by atoms with Gasteiger partial charge in [0.1, 0.15) is 0 Å². The van der Waals surface area contributed by atoms with Crippen LogP contribution in [0.4, 0.5) is 0 Å². The number of thiazole rings is 1. The van der Waals surface area contributed by atoms with E-state index in [4.69, 9.17) is 0 Å². The van der Waals surface area contributed by atoms with Crippen molar-refractivity contribution in [3.05, 3.63) is 21.7 Å². The lowest BCUT2D eigenvalue weighted by Crippen LogP contribution is -1.72. The molecule has 0 spiro atoms. The van der Waals surface area contributed by atoms with E-state index in [9.17, 15) is 0 Å². The first-order valence-electron chi connectivity index (χ1n) is 3.84. The Kier molecular flexibility index (Phi) is 2.83. The molecule has 0 radical (unpaired) electrons. The average Bonchev–Trinajstić information content (AvgIpc) is 2.26. The van der Waals surface area contributed by atoms with Crippen molar-refractivity contribution in [3.63, 3.8) is 0 Å². The van der Waals surface area contributed by atoms with E-state index in [1.807, 2.05) is 6.92 Å². The van der Waals surface area contributed by atoms with E-state index in [1.165, 1.54) is 4.88 Å². The van der Waals surface area contributed by atoms with Crippen molar-refractivity contribution >= 4 is 17.4 Å². The van der Waals surface area contributed by atoms with Crippen LogP contribution in [0.2, 0.25) is 0 Å². The van der Waals surface area contributed by atoms with Gasteiger partial charge in [-0.25, -0.2) is 4.98 Å². The van der Waals surface area contributed by atoms with E-state index in [2.05, 4.69) is 31.0 Å². The summed E-state index contributed by atoms with van der Waals surface area (Å²) >= 11 is 1.76. The van der Waals surface area contributed by atoms with Crippen LogP contribution in [0.5, 0.6) is 0 Å². The molecule has 0 fully saturated rings. The third-order valence-corrected chi connectivity index (χ3v) is 2.48. The van der Waals surface area contributed by atoms with Crippen LogP contribution in [0, 0.1) is 13.8 Å². The number of nitrogens with zero attached hydrogens (tertiary/aromatic N) is 1. The maximum Gasteiger partial charge on any atom is 0.0903 e. The molecule has 0 saturated carbocycles. The molecule has 1 aromatic heterocycles. The minimum atomic E-state index is 1.09. The molecule has 0 N–H and O–H groups in total. The molecule has 11 heavy (non-hydrogen) atoms. The Bertz CT molecular complexity index is 261. The molecule has 0 unspecified atom stereocenters. The van der Waals surface area contributed by atoms with Gasteiger partial charge in [0.05, 0.1) is 10.7 Å². The van der Waals surface area contributed by atoms with Crippen LogP contribution in [-0.4, -0.2) is 4.98 Å². The molecule has 2 heteroatoms. The lowest BCUT2D eigenvalue weighted by atomic mass is 10.3. The van der Waals surface area contributed by atoms with Crippen molar-refractivity contribution < 1.29 is 0 Å². The molecule has 1 heterocycles. The molecule has 0 aliphatic rings. The van der Waals surface area contributed by atoms with Crippen molar-refractivity contribution in [2.45, 2.75) is 27.2 Å². The van der Waals surface area contributed by atoms with Gasteiger partial charge in [-0.15, -0.1) is 11.3 Å². The molecular weight excluding hydrogens is 154 g/mol. The van der Waals surface area contributed by atoms with Crippen molar-refractivity contribution in [1.29, 1.82) is 0 Å². The summed E-state index contributed by atoms with van der Waals surface area (Å²) in [5.41, 5.74) is 1.15. The monoisotopic (exact) mass is 167 g/mol. The number of allylic oxidation sites excluding steroid dienone is 1. The minimum Gasteiger partial charge on any atom is -0.246 e. The minimum absolute atomic E-state index is 1.09. The van der Waals surface area contributed by atoms with Crippen LogP contribution < -0.4 is 0 Å². The maximum absolute atomic E-state index is 4.33. The van der Waals surface area contributed by atoms with Crippen LogP contribution in [0.25, 0.3) is 6.08 Å². The first kappa shape index (κ1) is 8.47. The van der Waals surface area contributed by atoms with Gasteiger partial charge in [-0.3, -0.25) is 0 Å². The zero-order valence-corrected chi connectivity index (χ0v) is 8.03. The number of rotatable bonds is 2. The summed E-state index contributed by atoms with van der Waals surface area (Å²) in [5, 5.41) is 1.15. The zero-order valence-electron chi connectivity index (χ0n) is 7.22. The Labute approximate surface area is 71.8 Å². The molecule has 1 rings (SSSR count). The van der Waals surface area contributed by atoms with Crippen molar-refractivity contribution in [3.8, 4) is 0 Å². The van der Waals surface area contributed by atoms with Gasteiger partial charge in [0, 0.05) is 4.88 Å². The van der Waals surface area contributed by atoms with Crippen molar-refractivity contribution in [2.75, 3.05) is 0 Å². The van der Waals surface area contributed by atoms with E-state index >= 15 is 0 Å². The molecule has 60 valence electrons. The molecule has 0 bridgehead atoms. The Morgan fingerprint density at radius 2 is 2.18 bits per heavy atom. The Morgan fingerprint density at radius 3 is 2.64 bits per heavy atom. The van der Waals surface area contributed by atoms with Crippen molar-refractivity contribution in [1.82, 2.24) is 4.98 Å².